The number of carboxylic acids is 4. The van der Waals surface area contributed by atoms with Gasteiger partial charge in [0.15, 0.2) is 0 Å². The molecule has 0 amide bonds. The minimum absolute atomic E-state index is 0.170. The molecular formula is C24H32O16. The van der Waals surface area contributed by atoms with E-state index < -0.39 is 124 Å². The van der Waals surface area contributed by atoms with Gasteiger partial charge in [0.05, 0.1) is 51.4 Å². The van der Waals surface area contributed by atoms with Crippen LogP contribution in [0.1, 0.15) is 77.0 Å². The zero-order valence-corrected chi connectivity index (χ0v) is 21.5. The number of carboxylic acid groups (broad SMARTS) is 4. The zero-order valence-electron chi connectivity index (χ0n) is 21.5. The fourth-order valence-corrected chi connectivity index (χ4v) is 3.71. The smallest absolute Gasteiger partial charge is 0.309 e. The first-order valence-electron chi connectivity index (χ1n) is 12.4. The molecule has 16 heteroatoms. The molecule has 0 aromatic heterocycles. The van der Waals surface area contributed by atoms with E-state index in [1.165, 1.54) is 0 Å². The standard InChI is InChI=1S/C24H32O16/c25-15(26)5-9-19(33)37-23(38-20(34)10-6-16(27)28)13-1-2-14(4-3-13)24(39-21(35)11-7-17(29)30)40-22(36)12-8-18(31)32/h13-14,23-24H,1-12H2,(H,25,26)(H,27,28)(H,29,30)(H,31,32)/t13-,14-. The maximum atomic E-state index is 12.1. The van der Waals surface area contributed by atoms with Gasteiger partial charge in [-0.15, -0.1) is 0 Å². The highest BCUT2D eigenvalue weighted by atomic mass is 16.7. The van der Waals surface area contributed by atoms with E-state index in [1.54, 1.807) is 0 Å². The third kappa shape index (κ3) is 14.6. The van der Waals surface area contributed by atoms with E-state index in [-0.39, 0.29) is 25.7 Å². The van der Waals surface area contributed by atoms with Crippen molar-refractivity contribution >= 4 is 47.8 Å². The molecule has 40 heavy (non-hydrogen) atoms. The second kappa shape index (κ2) is 17.4. The Morgan fingerprint density at radius 2 is 0.625 bits per heavy atom. The summed E-state index contributed by atoms with van der Waals surface area (Å²) in [5.41, 5.74) is 0. The van der Waals surface area contributed by atoms with E-state index >= 15 is 0 Å². The Morgan fingerprint density at radius 3 is 0.800 bits per heavy atom. The van der Waals surface area contributed by atoms with Gasteiger partial charge in [-0.1, -0.05) is 0 Å². The Balaban J connectivity index is 2.92. The molecule has 1 saturated carbocycles. The quantitative estimate of drug-likeness (QED) is 0.131. The lowest BCUT2D eigenvalue weighted by Crippen LogP contribution is -2.39. The van der Waals surface area contributed by atoms with Crippen molar-refractivity contribution in [3.8, 4) is 0 Å². The van der Waals surface area contributed by atoms with Crippen LogP contribution in [-0.4, -0.2) is 80.8 Å². The average molecular weight is 577 g/mol. The minimum Gasteiger partial charge on any atom is -0.481 e. The van der Waals surface area contributed by atoms with Gasteiger partial charge in [-0.3, -0.25) is 38.4 Å². The van der Waals surface area contributed by atoms with Crippen molar-refractivity contribution in [2.45, 2.75) is 89.6 Å². The molecule has 4 N–H and O–H groups in total. The van der Waals surface area contributed by atoms with E-state index in [9.17, 15) is 38.4 Å². The third-order valence-corrected chi connectivity index (χ3v) is 5.75. The maximum absolute atomic E-state index is 12.1. The highest BCUT2D eigenvalue weighted by molar-refractivity contribution is 5.79. The van der Waals surface area contributed by atoms with Crippen LogP contribution in [0.2, 0.25) is 0 Å². The maximum Gasteiger partial charge on any atom is 0.309 e. The lowest BCUT2D eigenvalue weighted by molar-refractivity contribution is -0.211. The molecule has 0 spiro atoms. The van der Waals surface area contributed by atoms with Gasteiger partial charge in [0, 0.05) is 11.8 Å². The summed E-state index contributed by atoms with van der Waals surface area (Å²) in [4.78, 5) is 91.4. The lowest BCUT2D eigenvalue weighted by atomic mass is 9.81. The predicted molar refractivity (Wildman–Crippen MR) is 125 cm³/mol. The normalized spacial score (nSPS) is 16.6. The van der Waals surface area contributed by atoms with Crippen LogP contribution in [-0.2, 0) is 57.3 Å². The average Bonchev–Trinajstić information content (AvgIpc) is 2.87. The molecule has 0 heterocycles. The Morgan fingerprint density at radius 1 is 0.425 bits per heavy atom. The van der Waals surface area contributed by atoms with E-state index in [0.717, 1.165) is 0 Å². The van der Waals surface area contributed by atoms with Crippen molar-refractivity contribution in [1.29, 1.82) is 0 Å². The van der Waals surface area contributed by atoms with E-state index in [4.69, 9.17) is 39.4 Å². The summed E-state index contributed by atoms with van der Waals surface area (Å²) in [5.74, 6) is -10.1. The van der Waals surface area contributed by atoms with Gasteiger partial charge in [0.1, 0.15) is 0 Å². The summed E-state index contributed by atoms with van der Waals surface area (Å²) in [6.45, 7) is 0. The fraction of sp³-hybridized carbons (Fsp3) is 0.667. The molecule has 1 aliphatic rings. The monoisotopic (exact) mass is 576 g/mol. The van der Waals surface area contributed by atoms with E-state index in [2.05, 4.69) is 0 Å². The fourth-order valence-electron chi connectivity index (χ4n) is 3.71. The van der Waals surface area contributed by atoms with Crippen LogP contribution in [0.5, 0.6) is 0 Å². The molecule has 1 aliphatic carbocycles. The first kappa shape index (κ1) is 33.8. The molecular weight excluding hydrogens is 544 g/mol. The molecule has 0 radical (unpaired) electrons. The summed E-state index contributed by atoms with van der Waals surface area (Å²) < 4.78 is 20.7. The second-order valence-corrected chi connectivity index (χ2v) is 8.95. The molecule has 0 aromatic carbocycles. The van der Waals surface area contributed by atoms with Gasteiger partial charge in [-0.25, -0.2) is 0 Å². The molecule has 224 valence electrons. The molecule has 0 bridgehead atoms. The summed E-state index contributed by atoms with van der Waals surface area (Å²) >= 11 is 0. The van der Waals surface area contributed by atoms with Gasteiger partial charge in [-0.05, 0) is 25.7 Å². The Labute approximate surface area is 227 Å². The van der Waals surface area contributed by atoms with Crippen molar-refractivity contribution in [1.82, 2.24) is 0 Å². The number of rotatable bonds is 18. The number of esters is 4. The first-order valence-corrected chi connectivity index (χ1v) is 12.4. The van der Waals surface area contributed by atoms with Crippen molar-refractivity contribution in [3.63, 3.8) is 0 Å². The molecule has 0 aliphatic heterocycles. The molecule has 0 saturated heterocycles. The van der Waals surface area contributed by atoms with Gasteiger partial charge < -0.3 is 39.4 Å². The molecule has 0 unspecified atom stereocenters. The predicted octanol–water partition coefficient (Wildman–Crippen LogP) is 1.08. The second-order valence-electron chi connectivity index (χ2n) is 8.95. The van der Waals surface area contributed by atoms with Crippen LogP contribution in [0, 0.1) is 11.8 Å². The number of hydrogen-bond acceptors (Lipinski definition) is 12. The minimum atomic E-state index is -1.46. The summed E-state index contributed by atoms with van der Waals surface area (Å²) in [7, 11) is 0. The van der Waals surface area contributed by atoms with Crippen molar-refractivity contribution in [2.24, 2.45) is 11.8 Å². The summed E-state index contributed by atoms with van der Waals surface area (Å²) in [5, 5.41) is 35.0. The number of carbonyl (C=O) groups excluding carboxylic acids is 4. The Kier molecular flexibility index (Phi) is 14.7. The van der Waals surface area contributed by atoms with Gasteiger partial charge in [-0.2, -0.15) is 0 Å². The van der Waals surface area contributed by atoms with Gasteiger partial charge in [0.2, 0.25) is 12.6 Å². The molecule has 0 aromatic rings. The van der Waals surface area contributed by atoms with Crippen LogP contribution >= 0.6 is 0 Å². The first-order chi connectivity index (χ1) is 18.8. The van der Waals surface area contributed by atoms with Crippen LogP contribution in [0.25, 0.3) is 0 Å². The van der Waals surface area contributed by atoms with Crippen molar-refractivity contribution < 1.29 is 77.7 Å². The molecule has 16 nitrogen and oxygen atoms in total. The highest BCUT2D eigenvalue weighted by Gasteiger charge is 2.38. The molecule has 0 atom stereocenters. The van der Waals surface area contributed by atoms with Gasteiger partial charge >= 0.3 is 47.8 Å². The van der Waals surface area contributed by atoms with Crippen molar-refractivity contribution in [3.05, 3.63) is 0 Å². The number of hydrogen-bond donors (Lipinski definition) is 4. The number of ether oxygens (including phenoxy) is 4. The Hall–Kier alpha value is -4.24. The summed E-state index contributed by atoms with van der Waals surface area (Å²) in [6.07, 6.45) is -6.40. The van der Waals surface area contributed by atoms with E-state index in [0.29, 0.717) is 0 Å². The van der Waals surface area contributed by atoms with Gasteiger partial charge in [0.25, 0.3) is 0 Å². The summed E-state index contributed by atoms with van der Waals surface area (Å²) in [6, 6.07) is 0. The topological polar surface area (TPSA) is 254 Å². The molecule has 1 rings (SSSR count). The van der Waals surface area contributed by atoms with E-state index in [1.807, 2.05) is 0 Å². The van der Waals surface area contributed by atoms with Crippen LogP contribution in [0.3, 0.4) is 0 Å². The van der Waals surface area contributed by atoms with Crippen LogP contribution < -0.4 is 0 Å². The number of aliphatic carboxylic acids is 4. The van der Waals surface area contributed by atoms with Crippen LogP contribution in [0.15, 0.2) is 0 Å². The Bertz CT molecular complexity index is 809. The third-order valence-electron chi connectivity index (χ3n) is 5.75. The largest absolute Gasteiger partial charge is 0.481 e. The SMILES string of the molecule is O=C(O)CCC(=O)OC(OC(=O)CCC(=O)O)[C@H]1CC[C@H](C(OC(=O)CCC(=O)O)OC(=O)CCC(=O)O)CC1. The number of carbonyl (C=O) groups is 8. The molecule has 1 fully saturated rings. The van der Waals surface area contributed by atoms with Crippen molar-refractivity contribution in [2.75, 3.05) is 0 Å². The highest BCUT2D eigenvalue weighted by Crippen LogP contribution is 2.36. The zero-order chi connectivity index (χ0) is 30.2. The van der Waals surface area contributed by atoms with Crippen LogP contribution in [0.4, 0.5) is 0 Å². The lowest BCUT2D eigenvalue weighted by Gasteiger charge is -2.35.